The van der Waals surface area contributed by atoms with Gasteiger partial charge in [-0.2, -0.15) is 0 Å². The van der Waals surface area contributed by atoms with E-state index in [9.17, 15) is 18.8 Å². The van der Waals surface area contributed by atoms with Crippen molar-refractivity contribution in [1.29, 1.82) is 0 Å². The molecule has 0 aliphatic carbocycles. The van der Waals surface area contributed by atoms with Gasteiger partial charge in [0.15, 0.2) is 12.1 Å². The van der Waals surface area contributed by atoms with Crippen molar-refractivity contribution >= 4 is 23.6 Å². The number of carbonyl (C=O) groups excluding carboxylic acids is 3. The molecule has 0 spiro atoms. The second-order valence-corrected chi connectivity index (χ2v) is 8.49. The van der Waals surface area contributed by atoms with Crippen LogP contribution in [0.1, 0.15) is 29.7 Å². The molecule has 8 heteroatoms. The molecular weight excluding hydrogens is 449 g/mol. The Balaban J connectivity index is 1.66. The molecule has 3 aromatic rings. The zero-order valence-corrected chi connectivity index (χ0v) is 19.5. The van der Waals surface area contributed by atoms with Gasteiger partial charge in [0.25, 0.3) is 0 Å². The maximum Gasteiger partial charge on any atom is 0.411 e. The van der Waals surface area contributed by atoms with Crippen LogP contribution in [0.3, 0.4) is 0 Å². The van der Waals surface area contributed by atoms with Crippen LogP contribution in [0.15, 0.2) is 78.9 Å². The van der Waals surface area contributed by atoms with Gasteiger partial charge in [0.1, 0.15) is 5.82 Å². The van der Waals surface area contributed by atoms with E-state index in [2.05, 4.69) is 5.32 Å². The average molecular weight is 476 g/mol. The van der Waals surface area contributed by atoms with E-state index in [4.69, 9.17) is 4.74 Å². The van der Waals surface area contributed by atoms with Crippen molar-refractivity contribution in [2.75, 3.05) is 12.4 Å². The van der Waals surface area contributed by atoms with Crippen LogP contribution >= 0.6 is 0 Å². The number of carbonyl (C=O) groups is 3. The first-order valence-electron chi connectivity index (χ1n) is 11.2. The summed E-state index contributed by atoms with van der Waals surface area (Å²) in [6.07, 6.45) is -1.53. The van der Waals surface area contributed by atoms with Crippen LogP contribution in [0.5, 0.6) is 0 Å². The summed E-state index contributed by atoms with van der Waals surface area (Å²) < 4.78 is 19.1. The lowest BCUT2D eigenvalue weighted by Gasteiger charge is -2.28. The molecule has 3 amide bonds. The second-order valence-electron chi connectivity index (χ2n) is 8.49. The van der Waals surface area contributed by atoms with E-state index in [1.54, 1.807) is 48.3 Å². The van der Waals surface area contributed by atoms with Crippen LogP contribution < -0.4 is 5.32 Å². The van der Waals surface area contributed by atoms with Gasteiger partial charge in [-0.1, -0.05) is 54.6 Å². The van der Waals surface area contributed by atoms with Crippen LogP contribution in [-0.2, 0) is 27.4 Å². The summed E-state index contributed by atoms with van der Waals surface area (Å²) in [5.74, 6) is -0.920. The van der Waals surface area contributed by atoms with Gasteiger partial charge < -0.3 is 15.0 Å². The van der Waals surface area contributed by atoms with Gasteiger partial charge >= 0.3 is 6.09 Å². The highest BCUT2D eigenvalue weighted by Gasteiger charge is 2.48. The standard InChI is InChI=1S/C27H26FN3O4/c1-18(32)29-23-10-6-9-21(15-23)25-24(26(33)30(2)16-19-7-4-3-5-8-19)31(27(34)35-25)17-20-11-13-22(28)14-12-20/h3-15,24-25H,16-17H2,1-2H3,(H,29,32). The Morgan fingerprint density at radius 3 is 2.40 bits per heavy atom. The van der Waals surface area contributed by atoms with E-state index in [1.807, 2.05) is 30.3 Å². The number of halogens is 1. The first kappa shape index (κ1) is 23.9. The largest absolute Gasteiger partial charge is 0.438 e. The molecule has 0 aromatic heterocycles. The summed E-state index contributed by atoms with van der Waals surface area (Å²) in [5, 5.41) is 2.71. The van der Waals surface area contributed by atoms with Crippen molar-refractivity contribution in [2.24, 2.45) is 0 Å². The summed E-state index contributed by atoms with van der Waals surface area (Å²) in [7, 11) is 1.68. The lowest BCUT2D eigenvalue weighted by atomic mass is 9.99. The molecule has 1 N–H and O–H groups in total. The third kappa shape index (κ3) is 5.66. The maximum atomic E-state index is 13.7. The van der Waals surface area contributed by atoms with Crippen molar-refractivity contribution in [2.45, 2.75) is 32.2 Å². The molecule has 1 heterocycles. The number of hydrogen-bond acceptors (Lipinski definition) is 4. The molecule has 1 saturated heterocycles. The predicted molar refractivity (Wildman–Crippen MR) is 129 cm³/mol. The van der Waals surface area contributed by atoms with Gasteiger partial charge in [0, 0.05) is 26.2 Å². The smallest absolute Gasteiger partial charge is 0.411 e. The number of ether oxygens (including phenoxy) is 1. The molecule has 2 unspecified atom stereocenters. The monoisotopic (exact) mass is 475 g/mol. The molecule has 180 valence electrons. The summed E-state index contributed by atoms with van der Waals surface area (Å²) in [6.45, 7) is 1.83. The Hall–Kier alpha value is -4.20. The molecule has 0 radical (unpaired) electrons. The molecule has 0 bridgehead atoms. The Bertz CT molecular complexity index is 1220. The first-order chi connectivity index (χ1) is 16.8. The van der Waals surface area contributed by atoms with Crippen molar-refractivity contribution in [1.82, 2.24) is 9.80 Å². The molecule has 2 atom stereocenters. The maximum absolute atomic E-state index is 13.7. The fourth-order valence-electron chi connectivity index (χ4n) is 4.14. The number of nitrogens with one attached hydrogen (secondary N) is 1. The van der Waals surface area contributed by atoms with E-state index in [-0.39, 0.29) is 24.2 Å². The van der Waals surface area contributed by atoms with Crippen LogP contribution in [0, 0.1) is 5.82 Å². The Kier molecular flexibility index (Phi) is 7.10. The summed E-state index contributed by atoms with van der Waals surface area (Å²) in [5.41, 5.74) is 2.73. The highest BCUT2D eigenvalue weighted by Crippen LogP contribution is 2.36. The highest BCUT2D eigenvalue weighted by atomic mass is 19.1. The zero-order valence-electron chi connectivity index (χ0n) is 19.5. The summed E-state index contributed by atoms with van der Waals surface area (Å²) >= 11 is 0. The minimum absolute atomic E-state index is 0.0799. The number of amides is 3. The van der Waals surface area contributed by atoms with Gasteiger partial charge in [-0.05, 0) is 41.0 Å². The number of cyclic esters (lactones) is 1. The van der Waals surface area contributed by atoms with Crippen LogP contribution in [0.2, 0.25) is 0 Å². The van der Waals surface area contributed by atoms with E-state index < -0.39 is 18.2 Å². The van der Waals surface area contributed by atoms with Gasteiger partial charge in [0.05, 0.1) is 6.54 Å². The number of likely N-dealkylation sites (N-methyl/N-ethyl adjacent to an activating group) is 1. The third-order valence-corrected chi connectivity index (χ3v) is 5.78. The first-order valence-corrected chi connectivity index (χ1v) is 11.2. The van der Waals surface area contributed by atoms with Crippen molar-refractivity contribution in [3.63, 3.8) is 0 Å². The number of rotatable bonds is 7. The van der Waals surface area contributed by atoms with Crippen molar-refractivity contribution < 1.29 is 23.5 Å². The molecule has 1 aliphatic rings. The third-order valence-electron chi connectivity index (χ3n) is 5.78. The molecule has 35 heavy (non-hydrogen) atoms. The zero-order chi connectivity index (χ0) is 24.9. The topological polar surface area (TPSA) is 79.0 Å². The van der Waals surface area contributed by atoms with E-state index >= 15 is 0 Å². The fraction of sp³-hybridized carbons (Fsp3) is 0.222. The summed E-state index contributed by atoms with van der Waals surface area (Å²) in [6, 6.07) is 21.2. The molecule has 4 rings (SSSR count). The molecular formula is C27H26FN3O4. The lowest BCUT2D eigenvalue weighted by molar-refractivity contribution is -0.136. The van der Waals surface area contributed by atoms with Crippen molar-refractivity contribution in [3.8, 4) is 0 Å². The highest BCUT2D eigenvalue weighted by molar-refractivity contribution is 5.90. The molecule has 7 nitrogen and oxygen atoms in total. The number of nitrogens with zero attached hydrogens (tertiary/aromatic N) is 2. The normalized spacial score (nSPS) is 17.1. The molecule has 1 aliphatic heterocycles. The minimum Gasteiger partial charge on any atom is -0.438 e. The molecule has 0 saturated carbocycles. The summed E-state index contributed by atoms with van der Waals surface area (Å²) in [4.78, 5) is 41.1. The minimum atomic E-state index is -0.950. The number of benzene rings is 3. The fourth-order valence-corrected chi connectivity index (χ4v) is 4.14. The van der Waals surface area contributed by atoms with Crippen LogP contribution in [-0.4, -0.2) is 40.8 Å². The SMILES string of the molecule is CC(=O)Nc1cccc(C2OC(=O)N(Cc3ccc(F)cc3)C2C(=O)N(C)Cc2ccccc2)c1. The van der Waals surface area contributed by atoms with Gasteiger partial charge in [-0.15, -0.1) is 0 Å². The van der Waals surface area contributed by atoms with Crippen molar-refractivity contribution in [3.05, 3.63) is 101 Å². The van der Waals surface area contributed by atoms with E-state index in [0.717, 1.165) is 5.56 Å². The lowest BCUT2D eigenvalue weighted by Crippen LogP contribution is -2.46. The quantitative estimate of drug-likeness (QED) is 0.546. The van der Waals surface area contributed by atoms with E-state index in [1.165, 1.54) is 24.0 Å². The predicted octanol–water partition coefficient (Wildman–Crippen LogP) is 4.50. The number of hydrogen-bond donors (Lipinski definition) is 1. The van der Waals surface area contributed by atoms with Gasteiger partial charge in [-0.25, -0.2) is 9.18 Å². The van der Waals surface area contributed by atoms with Crippen LogP contribution in [0.4, 0.5) is 14.9 Å². The Morgan fingerprint density at radius 2 is 1.71 bits per heavy atom. The number of anilines is 1. The van der Waals surface area contributed by atoms with E-state index in [0.29, 0.717) is 23.4 Å². The molecule has 1 fully saturated rings. The average Bonchev–Trinajstić information content (AvgIpc) is 3.16. The van der Waals surface area contributed by atoms with Gasteiger partial charge in [0.2, 0.25) is 11.8 Å². The molecule has 3 aromatic carbocycles. The Labute approximate surface area is 203 Å². The van der Waals surface area contributed by atoms with Crippen LogP contribution in [0.25, 0.3) is 0 Å². The Morgan fingerprint density at radius 1 is 1.00 bits per heavy atom. The second kappa shape index (κ2) is 10.4. The van der Waals surface area contributed by atoms with Gasteiger partial charge in [-0.3, -0.25) is 14.5 Å².